The molecule has 23 heavy (non-hydrogen) atoms. The van der Waals surface area contributed by atoms with E-state index in [1.165, 1.54) is 0 Å². The van der Waals surface area contributed by atoms with Gasteiger partial charge < -0.3 is 19.3 Å². The highest BCUT2D eigenvalue weighted by atomic mass is 16.4. The number of nitrogens with zero attached hydrogens (tertiary/aromatic N) is 2. The molecule has 1 saturated heterocycles. The van der Waals surface area contributed by atoms with Crippen LogP contribution in [0.5, 0.6) is 0 Å². The third kappa shape index (κ3) is 3.04. The maximum atomic E-state index is 12.8. The van der Waals surface area contributed by atoms with Crippen molar-refractivity contribution in [3.63, 3.8) is 0 Å². The first-order valence-electron chi connectivity index (χ1n) is 8.64. The molecular weight excluding hydrogens is 292 g/mol. The van der Waals surface area contributed by atoms with Gasteiger partial charge in [0.1, 0.15) is 5.76 Å². The molecule has 1 amide bonds. The lowest BCUT2D eigenvalue weighted by molar-refractivity contribution is 0.0604. The van der Waals surface area contributed by atoms with E-state index in [1.54, 1.807) is 0 Å². The first kappa shape index (κ1) is 16.5. The van der Waals surface area contributed by atoms with E-state index < -0.39 is 6.10 Å². The Kier molecular flexibility index (Phi) is 4.27. The number of furan rings is 1. The maximum Gasteiger partial charge on any atom is 0.289 e. The summed E-state index contributed by atoms with van der Waals surface area (Å²) >= 11 is 0. The molecule has 0 bridgehead atoms. The molecule has 1 fully saturated rings. The van der Waals surface area contributed by atoms with Crippen molar-refractivity contribution in [2.45, 2.75) is 46.6 Å². The van der Waals surface area contributed by atoms with Crippen molar-refractivity contribution in [2.24, 2.45) is 5.41 Å². The fourth-order valence-corrected chi connectivity index (χ4v) is 3.90. The van der Waals surface area contributed by atoms with Gasteiger partial charge in [0.05, 0.1) is 6.10 Å². The second kappa shape index (κ2) is 5.95. The summed E-state index contributed by atoms with van der Waals surface area (Å²) in [4.78, 5) is 17.1. The van der Waals surface area contributed by atoms with Crippen LogP contribution in [0.1, 0.15) is 60.7 Å². The van der Waals surface area contributed by atoms with E-state index in [0.717, 1.165) is 56.0 Å². The van der Waals surface area contributed by atoms with Gasteiger partial charge in [-0.05, 0) is 25.3 Å². The van der Waals surface area contributed by atoms with Crippen LogP contribution in [0.25, 0.3) is 0 Å². The summed E-state index contributed by atoms with van der Waals surface area (Å²) in [6, 6.07) is 0. The summed E-state index contributed by atoms with van der Waals surface area (Å²) in [5, 5.41) is 10.5. The summed E-state index contributed by atoms with van der Waals surface area (Å²) in [5.74, 6) is 1.19. The lowest BCUT2D eigenvalue weighted by Gasteiger charge is -2.33. The number of carbonyl (C=O) groups excluding carboxylic acids is 1. The molecule has 1 aromatic rings. The monoisotopic (exact) mass is 320 g/mol. The lowest BCUT2D eigenvalue weighted by Crippen LogP contribution is -2.48. The molecule has 5 nitrogen and oxygen atoms in total. The van der Waals surface area contributed by atoms with Crippen molar-refractivity contribution in [3.05, 3.63) is 22.6 Å². The van der Waals surface area contributed by atoms with Gasteiger partial charge in [0.15, 0.2) is 5.76 Å². The van der Waals surface area contributed by atoms with E-state index in [4.69, 9.17) is 4.42 Å². The van der Waals surface area contributed by atoms with Crippen molar-refractivity contribution < 1.29 is 14.3 Å². The number of hydrogen-bond donors (Lipinski definition) is 1. The Morgan fingerprint density at radius 3 is 2.57 bits per heavy atom. The Hall–Kier alpha value is -1.33. The van der Waals surface area contributed by atoms with E-state index in [0.29, 0.717) is 12.2 Å². The van der Waals surface area contributed by atoms with Gasteiger partial charge in [-0.1, -0.05) is 20.8 Å². The van der Waals surface area contributed by atoms with E-state index in [9.17, 15) is 9.90 Å². The Morgan fingerprint density at radius 2 is 1.96 bits per heavy atom. The molecule has 2 aliphatic rings. The molecule has 0 spiro atoms. The highest BCUT2D eigenvalue weighted by Gasteiger charge is 2.38. The molecule has 1 aliphatic heterocycles. The van der Waals surface area contributed by atoms with Gasteiger partial charge in [-0.15, -0.1) is 0 Å². The lowest BCUT2D eigenvalue weighted by atomic mass is 9.75. The van der Waals surface area contributed by atoms with Crippen LogP contribution in [-0.4, -0.2) is 53.5 Å². The first-order valence-corrected chi connectivity index (χ1v) is 8.64. The Labute approximate surface area is 138 Å². The number of fused-ring (bicyclic) bond motifs is 1. The number of piperazine rings is 1. The number of hydrogen-bond acceptors (Lipinski definition) is 4. The van der Waals surface area contributed by atoms with Crippen LogP contribution in [-0.2, 0) is 6.42 Å². The fraction of sp³-hybridized carbons (Fsp3) is 0.722. The van der Waals surface area contributed by atoms with Gasteiger partial charge in [0, 0.05) is 43.7 Å². The number of rotatable bonds is 2. The molecular formula is C18H28N2O3. The molecule has 5 heteroatoms. The normalized spacial score (nSPS) is 24.6. The Bertz CT molecular complexity index is 598. The predicted molar refractivity (Wildman–Crippen MR) is 88.5 cm³/mol. The van der Waals surface area contributed by atoms with Crippen molar-refractivity contribution in [1.82, 2.24) is 9.80 Å². The van der Waals surface area contributed by atoms with Crippen LogP contribution >= 0.6 is 0 Å². The zero-order chi connectivity index (χ0) is 16.8. The zero-order valence-electron chi connectivity index (χ0n) is 14.7. The van der Waals surface area contributed by atoms with Crippen LogP contribution in [0.15, 0.2) is 4.42 Å². The highest BCUT2D eigenvalue weighted by molar-refractivity contribution is 5.93. The number of carbonyl (C=O) groups is 1. The quantitative estimate of drug-likeness (QED) is 0.909. The molecule has 1 atom stereocenters. The van der Waals surface area contributed by atoms with Gasteiger partial charge in [-0.3, -0.25) is 4.79 Å². The van der Waals surface area contributed by atoms with Crippen molar-refractivity contribution in [1.29, 1.82) is 0 Å². The van der Waals surface area contributed by atoms with Crippen LogP contribution in [0.2, 0.25) is 0 Å². The third-order valence-corrected chi connectivity index (χ3v) is 5.29. The van der Waals surface area contributed by atoms with Crippen LogP contribution in [0, 0.1) is 12.3 Å². The van der Waals surface area contributed by atoms with Crippen LogP contribution in [0.4, 0.5) is 0 Å². The average molecular weight is 320 g/mol. The molecule has 0 radical (unpaired) electrons. The highest BCUT2D eigenvalue weighted by Crippen LogP contribution is 2.44. The summed E-state index contributed by atoms with van der Waals surface area (Å²) in [6.45, 7) is 12.6. The summed E-state index contributed by atoms with van der Waals surface area (Å²) in [5.41, 5.74) is 1.68. The van der Waals surface area contributed by atoms with Crippen molar-refractivity contribution in [3.8, 4) is 0 Å². The molecule has 1 N–H and O–H groups in total. The Morgan fingerprint density at radius 1 is 1.30 bits per heavy atom. The van der Waals surface area contributed by atoms with Crippen LogP contribution in [0.3, 0.4) is 0 Å². The molecule has 2 heterocycles. The number of aliphatic hydroxyl groups is 1. The molecule has 128 valence electrons. The SMILES string of the molecule is CCN1CCN(C(=O)c2oc3c(c2C)[C@H](O)CC(C)(C)C3)CC1. The second-order valence-corrected chi connectivity index (χ2v) is 7.68. The van der Waals surface area contributed by atoms with Gasteiger partial charge in [0.2, 0.25) is 0 Å². The molecule has 0 unspecified atom stereocenters. The molecule has 3 rings (SSSR count). The van der Waals surface area contributed by atoms with Crippen molar-refractivity contribution >= 4 is 5.91 Å². The largest absolute Gasteiger partial charge is 0.455 e. The van der Waals surface area contributed by atoms with E-state index >= 15 is 0 Å². The van der Waals surface area contributed by atoms with Gasteiger partial charge in [-0.25, -0.2) is 0 Å². The van der Waals surface area contributed by atoms with E-state index in [2.05, 4.69) is 25.7 Å². The Balaban J connectivity index is 1.83. The molecule has 1 aromatic heterocycles. The summed E-state index contributed by atoms with van der Waals surface area (Å²) in [7, 11) is 0. The fourth-order valence-electron chi connectivity index (χ4n) is 3.90. The predicted octanol–water partition coefficient (Wildman–Crippen LogP) is 2.37. The summed E-state index contributed by atoms with van der Waals surface area (Å²) in [6.07, 6.45) is 0.955. The van der Waals surface area contributed by atoms with E-state index in [-0.39, 0.29) is 11.3 Å². The van der Waals surface area contributed by atoms with Gasteiger partial charge >= 0.3 is 0 Å². The third-order valence-electron chi connectivity index (χ3n) is 5.29. The average Bonchev–Trinajstić information content (AvgIpc) is 2.82. The second-order valence-electron chi connectivity index (χ2n) is 7.68. The first-order chi connectivity index (χ1) is 10.8. The summed E-state index contributed by atoms with van der Waals surface area (Å²) < 4.78 is 5.95. The molecule has 0 saturated carbocycles. The maximum absolute atomic E-state index is 12.8. The standard InChI is InChI=1S/C18H28N2O3/c1-5-19-6-8-20(9-7-19)17(22)16-12(2)15-13(21)10-18(3,4)11-14(15)23-16/h13,21H,5-11H2,1-4H3/t13-/m1/s1. The van der Waals surface area contributed by atoms with E-state index in [1.807, 2.05) is 11.8 Å². The van der Waals surface area contributed by atoms with Gasteiger partial charge in [0.25, 0.3) is 5.91 Å². The smallest absolute Gasteiger partial charge is 0.289 e. The molecule has 0 aromatic carbocycles. The number of amides is 1. The minimum absolute atomic E-state index is 0.00375. The number of aliphatic hydroxyl groups excluding tert-OH is 1. The number of likely N-dealkylation sites (N-methyl/N-ethyl adjacent to an activating group) is 1. The topological polar surface area (TPSA) is 56.9 Å². The van der Waals surface area contributed by atoms with Crippen molar-refractivity contribution in [2.75, 3.05) is 32.7 Å². The minimum Gasteiger partial charge on any atom is -0.455 e. The minimum atomic E-state index is -0.531. The van der Waals surface area contributed by atoms with Crippen LogP contribution < -0.4 is 0 Å². The molecule has 1 aliphatic carbocycles. The van der Waals surface area contributed by atoms with Gasteiger partial charge in [-0.2, -0.15) is 0 Å². The zero-order valence-corrected chi connectivity index (χ0v) is 14.7.